The molecule has 7 nitrogen and oxygen atoms in total. The zero-order chi connectivity index (χ0) is 21.5. The topological polar surface area (TPSA) is 81.3 Å². The molecule has 0 atom stereocenters. The molecule has 0 radical (unpaired) electrons. The summed E-state index contributed by atoms with van der Waals surface area (Å²) in [5.41, 5.74) is 3.49. The van der Waals surface area contributed by atoms with Gasteiger partial charge in [0.2, 0.25) is 11.7 Å². The number of aryl methyl sites for hydroxylation is 1. The Hall–Kier alpha value is -3.13. The van der Waals surface area contributed by atoms with Crippen LogP contribution in [0.2, 0.25) is 0 Å². The van der Waals surface area contributed by atoms with Crippen molar-refractivity contribution in [2.24, 2.45) is 5.92 Å². The Morgan fingerprint density at radius 2 is 1.94 bits per heavy atom. The largest absolute Gasteiger partial charge is 0.355 e. The van der Waals surface area contributed by atoms with E-state index in [0.717, 1.165) is 28.9 Å². The maximum absolute atomic E-state index is 13.4. The minimum Gasteiger partial charge on any atom is -0.355 e. The number of fused-ring (bicyclic) bond motifs is 3. The van der Waals surface area contributed by atoms with E-state index in [0.29, 0.717) is 22.2 Å². The van der Waals surface area contributed by atoms with Crippen molar-refractivity contribution >= 4 is 34.3 Å². The third-order valence-electron chi connectivity index (χ3n) is 5.83. The molecular weight excluding hydrogens is 410 g/mol. The molecule has 1 amide bonds. The van der Waals surface area contributed by atoms with Crippen LogP contribution in [0, 0.1) is 19.8 Å². The highest BCUT2D eigenvalue weighted by Gasteiger charge is 2.22. The summed E-state index contributed by atoms with van der Waals surface area (Å²) in [4.78, 5) is 25.7. The van der Waals surface area contributed by atoms with E-state index < -0.39 is 0 Å². The fourth-order valence-corrected chi connectivity index (χ4v) is 4.50. The fourth-order valence-electron chi connectivity index (χ4n) is 3.73. The summed E-state index contributed by atoms with van der Waals surface area (Å²) in [6, 6.07) is 13.3. The van der Waals surface area contributed by atoms with Crippen LogP contribution in [0.4, 0.5) is 0 Å². The molecule has 0 unspecified atom stereocenters. The number of hydrogen-bond donors (Lipinski definition) is 1. The first-order valence-corrected chi connectivity index (χ1v) is 11.4. The zero-order valence-corrected chi connectivity index (χ0v) is 18.3. The Kier molecular flexibility index (Phi) is 5.02. The highest BCUT2D eigenvalue weighted by Crippen LogP contribution is 2.28. The predicted octanol–water partition coefficient (Wildman–Crippen LogP) is 3.27. The lowest BCUT2D eigenvalue weighted by Gasteiger charge is -2.14. The van der Waals surface area contributed by atoms with Crippen molar-refractivity contribution in [2.75, 3.05) is 12.3 Å². The van der Waals surface area contributed by atoms with Gasteiger partial charge in [-0.3, -0.25) is 14.0 Å². The van der Waals surface area contributed by atoms with Crippen LogP contribution in [0.25, 0.3) is 22.4 Å². The summed E-state index contributed by atoms with van der Waals surface area (Å²) in [5, 5.41) is 12.9. The van der Waals surface area contributed by atoms with Crippen molar-refractivity contribution in [3.05, 3.63) is 63.9 Å². The molecule has 0 bridgehead atoms. The van der Waals surface area contributed by atoms with Crippen LogP contribution in [-0.4, -0.2) is 37.4 Å². The highest BCUT2D eigenvalue weighted by atomic mass is 32.2. The summed E-state index contributed by atoms with van der Waals surface area (Å²) < 4.78 is 3.49. The van der Waals surface area contributed by atoms with Gasteiger partial charge in [-0.1, -0.05) is 36.0 Å². The van der Waals surface area contributed by atoms with Gasteiger partial charge >= 0.3 is 0 Å². The number of aromatic nitrogens is 4. The smallest absolute Gasteiger partial charge is 0.267 e. The third-order valence-corrected chi connectivity index (χ3v) is 6.76. The van der Waals surface area contributed by atoms with Gasteiger partial charge in [-0.15, -0.1) is 10.2 Å². The number of para-hydroxylation sites is 1. The number of thioether (sulfide) groups is 1. The average molecular weight is 434 g/mol. The van der Waals surface area contributed by atoms with Crippen molar-refractivity contribution in [1.82, 2.24) is 24.5 Å². The third kappa shape index (κ3) is 3.61. The van der Waals surface area contributed by atoms with Crippen LogP contribution in [0.1, 0.15) is 24.0 Å². The van der Waals surface area contributed by atoms with Gasteiger partial charge in [0.15, 0.2) is 5.16 Å². The molecule has 2 heterocycles. The fraction of sp³-hybridized carbons (Fsp3) is 0.304. The molecule has 4 aromatic rings. The Labute approximate surface area is 183 Å². The number of rotatable bonds is 6. The maximum Gasteiger partial charge on any atom is 0.267 e. The molecular formula is C23H23N5O2S. The van der Waals surface area contributed by atoms with Gasteiger partial charge in [0, 0.05) is 6.54 Å². The number of amides is 1. The van der Waals surface area contributed by atoms with E-state index in [1.807, 2.05) is 60.7 Å². The molecule has 0 spiro atoms. The van der Waals surface area contributed by atoms with Crippen molar-refractivity contribution < 1.29 is 4.79 Å². The molecule has 2 aromatic carbocycles. The molecule has 1 aliphatic rings. The quantitative estimate of drug-likeness (QED) is 0.472. The van der Waals surface area contributed by atoms with Crippen LogP contribution in [0.5, 0.6) is 0 Å². The van der Waals surface area contributed by atoms with Crippen LogP contribution in [0.15, 0.2) is 52.4 Å². The summed E-state index contributed by atoms with van der Waals surface area (Å²) in [6.07, 6.45) is 2.40. The van der Waals surface area contributed by atoms with E-state index in [1.54, 1.807) is 4.57 Å². The minimum atomic E-state index is -0.136. The van der Waals surface area contributed by atoms with Gasteiger partial charge in [0.1, 0.15) is 0 Å². The molecule has 1 N–H and O–H groups in total. The van der Waals surface area contributed by atoms with Crippen molar-refractivity contribution in [1.29, 1.82) is 0 Å². The second-order valence-electron chi connectivity index (χ2n) is 8.03. The summed E-state index contributed by atoms with van der Waals surface area (Å²) >= 11 is 1.33. The first-order valence-electron chi connectivity index (χ1n) is 10.4. The highest BCUT2D eigenvalue weighted by molar-refractivity contribution is 7.99. The van der Waals surface area contributed by atoms with E-state index in [2.05, 4.69) is 15.5 Å². The Morgan fingerprint density at radius 1 is 1.13 bits per heavy atom. The van der Waals surface area contributed by atoms with Crippen LogP contribution in [0.3, 0.4) is 0 Å². The number of nitrogens with one attached hydrogen (secondary N) is 1. The standard InChI is InChI=1S/C23H23N5O2S/c1-14-6-5-9-18(15(14)2)27-21(30)17-7-3-4-8-19(17)28-22(27)25-26-23(28)31-13-20(29)24-12-16-10-11-16/h3-9,16H,10-13H2,1-2H3,(H,24,29). The Morgan fingerprint density at radius 3 is 2.74 bits per heavy atom. The van der Waals surface area contributed by atoms with Gasteiger partial charge < -0.3 is 5.32 Å². The summed E-state index contributed by atoms with van der Waals surface area (Å²) in [7, 11) is 0. The van der Waals surface area contributed by atoms with Crippen molar-refractivity contribution in [3.63, 3.8) is 0 Å². The molecule has 5 rings (SSSR count). The molecule has 0 aliphatic heterocycles. The average Bonchev–Trinajstić information content (AvgIpc) is 3.52. The van der Waals surface area contributed by atoms with Crippen molar-refractivity contribution in [3.8, 4) is 5.69 Å². The molecule has 0 saturated heterocycles. The number of benzene rings is 2. The van der Waals surface area contributed by atoms with Crippen LogP contribution in [-0.2, 0) is 4.79 Å². The molecule has 31 heavy (non-hydrogen) atoms. The second-order valence-corrected chi connectivity index (χ2v) is 8.97. The second kappa shape index (κ2) is 7.85. The normalized spacial score (nSPS) is 13.7. The summed E-state index contributed by atoms with van der Waals surface area (Å²) in [6.45, 7) is 4.77. The Balaban J connectivity index is 1.63. The van der Waals surface area contributed by atoms with E-state index in [-0.39, 0.29) is 17.2 Å². The lowest BCUT2D eigenvalue weighted by molar-refractivity contribution is -0.118. The SMILES string of the molecule is Cc1cccc(-n2c(=O)c3ccccc3n3c(SCC(=O)NCC4CC4)nnc23)c1C. The van der Waals surface area contributed by atoms with Gasteiger partial charge in [-0.25, -0.2) is 4.57 Å². The number of nitrogens with zero attached hydrogens (tertiary/aromatic N) is 4. The van der Waals surface area contributed by atoms with E-state index in [4.69, 9.17) is 0 Å². The maximum atomic E-state index is 13.4. The van der Waals surface area contributed by atoms with Gasteiger partial charge in [-0.05, 0) is 61.9 Å². The van der Waals surface area contributed by atoms with Gasteiger partial charge in [0.05, 0.1) is 22.3 Å². The number of carbonyl (C=O) groups excluding carboxylic acids is 1. The van der Waals surface area contributed by atoms with Gasteiger partial charge in [0.25, 0.3) is 5.56 Å². The molecule has 8 heteroatoms. The summed E-state index contributed by atoms with van der Waals surface area (Å²) in [5.74, 6) is 1.32. The molecule has 158 valence electrons. The molecule has 2 aromatic heterocycles. The lowest BCUT2D eigenvalue weighted by atomic mass is 10.1. The minimum absolute atomic E-state index is 0.0131. The first-order chi connectivity index (χ1) is 15.0. The van der Waals surface area contributed by atoms with Crippen LogP contribution >= 0.6 is 11.8 Å². The monoisotopic (exact) mass is 433 g/mol. The van der Waals surface area contributed by atoms with E-state index in [9.17, 15) is 9.59 Å². The van der Waals surface area contributed by atoms with Gasteiger partial charge in [-0.2, -0.15) is 0 Å². The predicted molar refractivity (Wildman–Crippen MR) is 122 cm³/mol. The Bertz CT molecular complexity index is 1370. The van der Waals surface area contributed by atoms with Crippen molar-refractivity contribution in [2.45, 2.75) is 31.8 Å². The molecule has 1 fully saturated rings. The first kappa shape index (κ1) is 19.8. The number of carbonyl (C=O) groups is 1. The molecule has 1 aliphatic carbocycles. The van der Waals surface area contributed by atoms with E-state index >= 15 is 0 Å². The van der Waals surface area contributed by atoms with Crippen LogP contribution < -0.4 is 10.9 Å². The van der Waals surface area contributed by atoms with E-state index in [1.165, 1.54) is 24.6 Å². The molecule has 1 saturated carbocycles. The zero-order valence-electron chi connectivity index (χ0n) is 17.5. The lowest BCUT2D eigenvalue weighted by Crippen LogP contribution is -2.27. The number of hydrogen-bond acceptors (Lipinski definition) is 5.